The van der Waals surface area contributed by atoms with Crippen LogP contribution in [0.5, 0.6) is 0 Å². The van der Waals surface area contributed by atoms with Crippen LogP contribution in [0.1, 0.15) is 31.9 Å². The van der Waals surface area contributed by atoms with E-state index in [1.807, 2.05) is 19.1 Å². The van der Waals surface area contributed by atoms with Crippen molar-refractivity contribution in [2.24, 2.45) is 0 Å². The van der Waals surface area contributed by atoms with Gasteiger partial charge in [0.1, 0.15) is 17.4 Å². The van der Waals surface area contributed by atoms with E-state index < -0.39 is 0 Å². The number of hydrogen-bond donors (Lipinski definition) is 2. The minimum Gasteiger partial charge on any atom is -0.469 e. The van der Waals surface area contributed by atoms with Gasteiger partial charge in [0.15, 0.2) is 0 Å². The summed E-state index contributed by atoms with van der Waals surface area (Å²) in [6.07, 6.45) is 4.18. The molecule has 2 rings (SSSR count). The molecule has 2 aromatic rings. The van der Waals surface area contributed by atoms with Gasteiger partial charge in [-0.1, -0.05) is 6.92 Å². The third kappa shape index (κ3) is 3.98. The van der Waals surface area contributed by atoms with Crippen molar-refractivity contribution in [3.63, 3.8) is 0 Å². The number of aromatic amines is 1. The fraction of sp³-hybridized carbons (Fsp3) is 0.429. The lowest BCUT2D eigenvalue weighted by molar-refractivity contribution is 0.494. The lowest BCUT2D eigenvalue weighted by atomic mass is 10.1. The van der Waals surface area contributed by atoms with E-state index in [4.69, 9.17) is 4.42 Å². The molecule has 0 aliphatic carbocycles. The normalized spacial score (nSPS) is 12.3. The molecule has 0 bridgehead atoms. The van der Waals surface area contributed by atoms with Crippen molar-refractivity contribution in [1.82, 2.24) is 9.97 Å². The molecule has 0 aliphatic rings. The third-order valence-corrected chi connectivity index (χ3v) is 2.92. The molecule has 2 N–H and O–H groups in total. The van der Waals surface area contributed by atoms with Crippen LogP contribution in [0, 0.1) is 0 Å². The van der Waals surface area contributed by atoms with E-state index in [9.17, 15) is 4.79 Å². The Hall–Kier alpha value is -2.04. The highest BCUT2D eigenvalue weighted by Gasteiger charge is 2.06. The zero-order chi connectivity index (χ0) is 13.7. The maximum Gasteiger partial charge on any atom is 0.252 e. The van der Waals surface area contributed by atoms with E-state index in [2.05, 4.69) is 22.2 Å². The fourth-order valence-corrected chi connectivity index (χ4v) is 1.89. The summed E-state index contributed by atoms with van der Waals surface area (Å²) in [6, 6.07) is 5.57. The molecule has 0 amide bonds. The molecule has 0 saturated carbocycles. The molecule has 0 fully saturated rings. The van der Waals surface area contributed by atoms with Gasteiger partial charge in [0, 0.05) is 24.9 Å². The molecule has 2 aromatic heterocycles. The van der Waals surface area contributed by atoms with Gasteiger partial charge in [0.25, 0.3) is 5.56 Å². The van der Waals surface area contributed by atoms with Gasteiger partial charge in [-0.2, -0.15) is 0 Å². The molecule has 19 heavy (non-hydrogen) atoms. The fourth-order valence-electron chi connectivity index (χ4n) is 1.89. The number of H-pyrrole nitrogens is 1. The third-order valence-electron chi connectivity index (χ3n) is 2.92. The Kier molecular flexibility index (Phi) is 4.39. The molecule has 0 saturated heterocycles. The van der Waals surface area contributed by atoms with Gasteiger partial charge < -0.3 is 14.7 Å². The highest BCUT2D eigenvalue weighted by atomic mass is 16.3. The smallest absolute Gasteiger partial charge is 0.252 e. The Bertz CT molecular complexity index is 560. The van der Waals surface area contributed by atoms with Crippen LogP contribution >= 0.6 is 0 Å². The summed E-state index contributed by atoms with van der Waals surface area (Å²) in [5, 5.41) is 3.25. The monoisotopic (exact) mass is 261 g/mol. The summed E-state index contributed by atoms with van der Waals surface area (Å²) in [5.41, 5.74) is -0.118. The summed E-state index contributed by atoms with van der Waals surface area (Å²) in [5.74, 6) is 2.31. The van der Waals surface area contributed by atoms with Crippen molar-refractivity contribution >= 4 is 5.82 Å². The summed E-state index contributed by atoms with van der Waals surface area (Å²) in [7, 11) is 0. The van der Waals surface area contributed by atoms with Gasteiger partial charge in [-0.3, -0.25) is 4.79 Å². The standard InChI is InChI=1S/C14H19N3O2/c1-3-12-16-13(9-14(18)17-12)15-10(2)6-7-11-5-4-8-19-11/h4-5,8-10H,3,6-7H2,1-2H3,(H2,15,16,17,18). The Morgan fingerprint density at radius 1 is 1.53 bits per heavy atom. The van der Waals surface area contributed by atoms with Gasteiger partial charge in [0.2, 0.25) is 0 Å². The predicted molar refractivity (Wildman–Crippen MR) is 74.3 cm³/mol. The van der Waals surface area contributed by atoms with Gasteiger partial charge in [0.05, 0.1) is 6.26 Å². The lowest BCUT2D eigenvalue weighted by Gasteiger charge is -2.14. The quantitative estimate of drug-likeness (QED) is 0.837. The second-order valence-corrected chi connectivity index (χ2v) is 4.59. The zero-order valence-electron chi connectivity index (χ0n) is 11.3. The molecule has 102 valence electrons. The first kappa shape index (κ1) is 13.4. The number of anilines is 1. The molecule has 5 heteroatoms. The summed E-state index contributed by atoms with van der Waals surface area (Å²) < 4.78 is 5.29. The maximum absolute atomic E-state index is 11.4. The molecule has 0 aliphatic heterocycles. The first-order valence-electron chi connectivity index (χ1n) is 6.56. The molecule has 2 heterocycles. The van der Waals surface area contributed by atoms with Crippen molar-refractivity contribution in [2.45, 2.75) is 39.2 Å². The number of furan rings is 1. The van der Waals surface area contributed by atoms with Gasteiger partial charge >= 0.3 is 0 Å². The van der Waals surface area contributed by atoms with E-state index in [1.165, 1.54) is 6.07 Å². The van der Waals surface area contributed by atoms with Crippen LogP contribution in [0.2, 0.25) is 0 Å². The van der Waals surface area contributed by atoms with Crippen LogP contribution in [-0.4, -0.2) is 16.0 Å². The van der Waals surface area contributed by atoms with Crippen LogP contribution in [0.25, 0.3) is 0 Å². The van der Waals surface area contributed by atoms with Crippen LogP contribution in [0.4, 0.5) is 5.82 Å². The van der Waals surface area contributed by atoms with Crippen molar-refractivity contribution in [3.8, 4) is 0 Å². The van der Waals surface area contributed by atoms with Crippen molar-refractivity contribution < 1.29 is 4.42 Å². The first-order valence-corrected chi connectivity index (χ1v) is 6.56. The topological polar surface area (TPSA) is 70.9 Å². The van der Waals surface area contributed by atoms with Crippen LogP contribution in [0.3, 0.4) is 0 Å². The Balaban J connectivity index is 1.92. The maximum atomic E-state index is 11.4. The Morgan fingerprint density at radius 3 is 3.05 bits per heavy atom. The van der Waals surface area contributed by atoms with Gasteiger partial charge in [-0.25, -0.2) is 4.98 Å². The second-order valence-electron chi connectivity index (χ2n) is 4.59. The molecular formula is C14H19N3O2. The van der Waals surface area contributed by atoms with E-state index in [-0.39, 0.29) is 11.6 Å². The Morgan fingerprint density at radius 2 is 2.37 bits per heavy atom. The van der Waals surface area contributed by atoms with Crippen LogP contribution < -0.4 is 10.9 Å². The average Bonchev–Trinajstić information content (AvgIpc) is 2.88. The molecule has 0 aromatic carbocycles. The van der Waals surface area contributed by atoms with Gasteiger partial charge in [-0.15, -0.1) is 0 Å². The zero-order valence-corrected chi connectivity index (χ0v) is 11.3. The van der Waals surface area contributed by atoms with Crippen LogP contribution in [-0.2, 0) is 12.8 Å². The number of nitrogens with one attached hydrogen (secondary N) is 2. The number of hydrogen-bond acceptors (Lipinski definition) is 4. The highest BCUT2D eigenvalue weighted by Crippen LogP contribution is 2.09. The van der Waals surface area contributed by atoms with E-state index in [0.29, 0.717) is 18.1 Å². The number of aryl methyl sites for hydroxylation is 2. The van der Waals surface area contributed by atoms with Crippen molar-refractivity contribution in [2.75, 3.05) is 5.32 Å². The van der Waals surface area contributed by atoms with Gasteiger partial charge in [-0.05, 0) is 25.5 Å². The van der Waals surface area contributed by atoms with E-state index in [0.717, 1.165) is 18.6 Å². The lowest BCUT2D eigenvalue weighted by Crippen LogP contribution is -2.20. The molecule has 0 radical (unpaired) electrons. The SMILES string of the molecule is CCc1nc(NC(C)CCc2ccco2)cc(=O)[nH]1. The summed E-state index contributed by atoms with van der Waals surface area (Å²) in [6.45, 7) is 4.03. The van der Waals surface area contributed by atoms with Crippen molar-refractivity contribution in [1.29, 1.82) is 0 Å². The average molecular weight is 261 g/mol. The number of rotatable bonds is 6. The highest BCUT2D eigenvalue weighted by molar-refractivity contribution is 5.34. The first-order chi connectivity index (χ1) is 9.17. The minimum absolute atomic E-state index is 0.118. The van der Waals surface area contributed by atoms with Crippen LogP contribution in [0.15, 0.2) is 33.7 Å². The minimum atomic E-state index is -0.118. The van der Waals surface area contributed by atoms with E-state index in [1.54, 1.807) is 6.26 Å². The predicted octanol–water partition coefficient (Wildman–Crippen LogP) is 2.36. The molecule has 1 unspecified atom stereocenters. The summed E-state index contributed by atoms with van der Waals surface area (Å²) >= 11 is 0. The number of aromatic nitrogens is 2. The van der Waals surface area contributed by atoms with E-state index >= 15 is 0 Å². The largest absolute Gasteiger partial charge is 0.469 e. The molecule has 5 nitrogen and oxygen atoms in total. The van der Waals surface area contributed by atoms with Crippen molar-refractivity contribution in [3.05, 3.63) is 46.4 Å². The molecular weight excluding hydrogens is 242 g/mol. The number of nitrogens with zero attached hydrogens (tertiary/aromatic N) is 1. The second kappa shape index (κ2) is 6.22. The molecule has 0 spiro atoms. The molecule has 1 atom stereocenters. The Labute approximate surface area is 112 Å². The summed E-state index contributed by atoms with van der Waals surface area (Å²) in [4.78, 5) is 18.5.